The van der Waals surface area contributed by atoms with Gasteiger partial charge < -0.3 is 19.1 Å². The highest BCUT2D eigenvalue weighted by Crippen LogP contribution is 2.40. The summed E-state index contributed by atoms with van der Waals surface area (Å²) in [5.41, 5.74) is 1.18. The van der Waals surface area contributed by atoms with E-state index in [0.29, 0.717) is 18.3 Å². The Balaban J connectivity index is 1.34. The lowest BCUT2D eigenvalue weighted by molar-refractivity contribution is -0.133. The van der Waals surface area contributed by atoms with Crippen molar-refractivity contribution in [1.29, 1.82) is 0 Å². The number of carbonyl (C=O) groups excluding carboxylic acids is 1. The standard InChI is InChI=1S/C20H20FNO4S/c21-15-3-1-2-4-16(15)24-12-20(23)22-8-7-19(27-10-9-22)14-5-6-17-18(11-14)26-13-25-17/h1-6,11,19H,7-10,12-13H2/t19-/m1/s1. The fourth-order valence-electron chi connectivity index (χ4n) is 3.19. The predicted octanol–water partition coefficient (Wildman–Crippen LogP) is 3.64. The zero-order valence-electron chi connectivity index (χ0n) is 14.7. The Bertz CT molecular complexity index is 831. The van der Waals surface area contributed by atoms with Gasteiger partial charge in [-0.2, -0.15) is 11.8 Å². The van der Waals surface area contributed by atoms with Crippen LogP contribution in [-0.2, 0) is 4.79 Å². The molecule has 5 nitrogen and oxygen atoms in total. The number of hydrogen-bond acceptors (Lipinski definition) is 5. The van der Waals surface area contributed by atoms with Gasteiger partial charge in [0.2, 0.25) is 6.79 Å². The second kappa shape index (κ2) is 8.08. The van der Waals surface area contributed by atoms with Crippen molar-refractivity contribution < 1.29 is 23.4 Å². The van der Waals surface area contributed by atoms with Gasteiger partial charge in [-0.15, -0.1) is 0 Å². The molecule has 1 fully saturated rings. The van der Waals surface area contributed by atoms with E-state index in [-0.39, 0.29) is 25.1 Å². The van der Waals surface area contributed by atoms with Gasteiger partial charge in [0, 0.05) is 24.1 Å². The second-order valence-corrected chi connectivity index (χ2v) is 7.67. The van der Waals surface area contributed by atoms with Crippen LogP contribution in [0.4, 0.5) is 4.39 Å². The largest absolute Gasteiger partial charge is 0.481 e. The van der Waals surface area contributed by atoms with E-state index in [2.05, 4.69) is 6.07 Å². The molecule has 2 aliphatic heterocycles. The maximum atomic E-state index is 13.6. The Morgan fingerprint density at radius 1 is 1.19 bits per heavy atom. The van der Waals surface area contributed by atoms with Crippen molar-refractivity contribution >= 4 is 17.7 Å². The van der Waals surface area contributed by atoms with Crippen LogP contribution in [0, 0.1) is 5.82 Å². The predicted molar refractivity (Wildman–Crippen MR) is 101 cm³/mol. The Morgan fingerprint density at radius 2 is 2.04 bits per heavy atom. The number of fused-ring (bicyclic) bond motifs is 1. The van der Waals surface area contributed by atoms with Gasteiger partial charge in [-0.05, 0) is 36.2 Å². The van der Waals surface area contributed by atoms with E-state index in [9.17, 15) is 9.18 Å². The van der Waals surface area contributed by atoms with Crippen molar-refractivity contribution in [2.75, 3.05) is 32.2 Å². The van der Waals surface area contributed by atoms with Gasteiger partial charge in [-0.3, -0.25) is 4.79 Å². The van der Waals surface area contributed by atoms with E-state index >= 15 is 0 Å². The third-order valence-electron chi connectivity index (χ3n) is 4.65. The molecule has 7 heteroatoms. The average molecular weight is 389 g/mol. The molecule has 0 spiro atoms. The van der Waals surface area contributed by atoms with Crippen molar-refractivity contribution in [2.45, 2.75) is 11.7 Å². The molecular formula is C20H20FNO4S. The Labute approximate surface area is 161 Å². The molecule has 0 bridgehead atoms. The fraction of sp³-hybridized carbons (Fsp3) is 0.350. The summed E-state index contributed by atoms with van der Waals surface area (Å²) < 4.78 is 29.8. The van der Waals surface area contributed by atoms with Crippen LogP contribution in [0.1, 0.15) is 17.2 Å². The van der Waals surface area contributed by atoms with Gasteiger partial charge in [-0.1, -0.05) is 18.2 Å². The van der Waals surface area contributed by atoms with Crippen molar-refractivity contribution in [1.82, 2.24) is 4.90 Å². The molecule has 27 heavy (non-hydrogen) atoms. The van der Waals surface area contributed by atoms with Crippen LogP contribution in [-0.4, -0.2) is 43.0 Å². The summed E-state index contributed by atoms with van der Waals surface area (Å²) in [5.74, 6) is 1.92. The average Bonchev–Trinajstić information content (AvgIpc) is 3.01. The number of carbonyl (C=O) groups is 1. The normalized spacial score (nSPS) is 18.9. The first-order valence-corrected chi connectivity index (χ1v) is 9.92. The van der Waals surface area contributed by atoms with Gasteiger partial charge in [0.05, 0.1) is 0 Å². The summed E-state index contributed by atoms with van der Waals surface area (Å²) in [6.45, 7) is 1.41. The Morgan fingerprint density at radius 3 is 2.93 bits per heavy atom. The smallest absolute Gasteiger partial charge is 0.260 e. The number of thioether (sulfide) groups is 1. The van der Waals surface area contributed by atoms with Gasteiger partial charge in [0.15, 0.2) is 29.7 Å². The molecule has 1 saturated heterocycles. The number of benzene rings is 2. The number of rotatable bonds is 4. The molecule has 0 unspecified atom stereocenters. The minimum Gasteiger partial charge on any atom is -0.481 e. The fourth-order valence-corrected chi connectivity index (χ4v) is 4.41. The molecule has 2 aromatic carbocycles. The minimum atomic E-state index is -0.459. The van der Waals surface area contributed by atoms with Crippen molar-refractivity contribution in [3.05, 3.63) is 53.8 Å². The first-order valence-electron chi connectivity index (χ1n) is 8.87. The number of amides is 1. The number of nitrogens with zero attached hydrogens (tertiary/aromatic N) is 1. The molecule has 0 aromatic heterocycles. The Kier molecular flexibility index (Phi) is 5.38. The van der Waals surface area contributed by atoms with Gasteiger partial charge in [-0.25, -0.2) is 4.39 Å². The van der Waals surface area contributed by atoms with E-state index < -0.39 is 5.82 Å². The summed E-state index contributed by atoms with van der Waals surface area (Å²) in [7, 11) is 0. The lowest BCUT2D eigenvalue weighted by atomic mass is 10.1. The van der Waals surface area contributed by atoms with Crippen LogP contribution < -0.4 is 14.2 Å². The summed E-state index contributed by atoms with van der Waals surface area (Å²) in [4.78, 5) is 14.3. The van der Waals surface area contributed by atoms with E-state index in [1.807, 2.05) is 23.9 Å². The van der Waals surface area contributed by atoms with E-state index in [1.54, 1.807) is 17.0 Å². The molecular weight excluding hydrogens is 369 g/mol. The number of ether oxygens (including phenoxy) is 3. The van der Waals surface area contributed by atoms with E-state index in [4.69, 9.17) is 14.2 Å². The molecule has 0 saturated carbocycles. The van der Waals surface area contributed by atoms with Crippen molar-refractivity contribution in [3.8, 4) is 17.2 Å². The number of halogens is 1. The maximum Gasteiger partial charge on any atom is 0.260 e. The van der Waals surface area contributed by atoms with Crippen LogP contribution in [0.25, 0.3) is 0 Å². The zero-order chi connectivity index (χ0) is 18.6. The summed E-state index contributed by atoms with van der Waals surface area (Å²) in [5, 5.41) is 0.296. The topological polar surface area (TPSA) is 48.0 Å². The van der Waals surface area contributed by atoms with Crippen LogP contribution in [0.2, 0.25) is 0 Å². The summed E-state index contributed by atoms with van der Waals surface area (Å²) >= 11 is 1.83. The first-order chi connectivity index (χ1) is 13.2. The van der Waals surface area contributed by atoms with Crippen molar-refractivity contribution in [2.24, 2.45) is 0 Å². The molecule has 0 N–H and O–H groups in total. The molecule has 1 atom stereocenters. The highest BCUT2D eigenvalue weighted by molar-refractivity contribution is 7.99. The molecule has 4 rings (SSSR count). The first kappa shape index (κ1) is 18.0. The van der Waals surface area contributed by atoms with Gasteiger partial charge >= 0.3 is 0 Å². The quantitative estimate of drug-likeness (QED) is 0.799. The van der Waals surface area contributed by atoms with Crippen molar-refractivity contribution in [3.63, 3.8) is 0 Å². The van der Waals surface area contributed by atoms with Crippen LogP contribution in [0.5, 0.6) is 17.2 Å². The highest BCUT2D eigenvalue weighted by Gasteiger charge is 2.24. The molecule has 1 amide bonds. The summed E-state index contributed by atoms with van der Waals surface area (Å²) in [6, 6.07) is 12.1. The third-order valence-corrected chi connectivity index (χ3v) is 5.98. The molecule has 142 valence electrons. The van der Waals surface area contributed by atoms with Gasteiger partial charge in [0.1, 0.15) is 0 Å². The number of para-hydroxylation sites is 1. The van der Waals surface area contributed by atoms with E-state index in [1.165, 1.54) is 17.7 Å². The van der Waals surface area contributed by atoms with Crippen LogP contribution >= 0.6 is 11.8 Å². The molecule has 0 aliphatic carbocycles. The number of hydrogen-bond donors (Lipinski definition) is 0. The summed E-state index contributed by atoms with van der Waals surface area (Å²) in [6.07, 6.45) is 0.843. The highest BCUT2D eigenvalue weighted by atomic mass is 32.2. The lowest BCUT2D eigenvalue weighted by Crippen LogP contribution is -2.36. The minimum absolute atomic E-state index is 0.105. The van der Waals surface area contributed by atoms with Crippen LogP contribution in [0.15, 0.2) is 42.5 Å². The lowest BCUT2D eigenvalue weighted by Gasteiger charge is -2.20. The van der Waals surface area contributed by atoms with Crippen LogP contribution in [0.3, 0.4) is 0 Å². The molecule has 0 radical (unpaired) electrons. The molecule has 2 heterocycles. The Hall–Kier alpha value is -2.41. The third kappa shape index (κ3) is 4.13. The SMILES string of the molecule is O=C(COc1ccccc1F)N1CCS[C@@H](c2ccc3c(c2)OCO3)CC1. The molecule has 2 aliphatic rings. The maximum absolute atomic E-state index is 13.6. The molecule has 2 aromatic rings. The monoisotopic (exact) mass is 389 g/mol. The second-order valence-electron chi connectivity index (χ2n) is 6.36. The zero-order valence-corrected chi connectivity index (χ0v) is 15.5. The van der Waals surface area contributed by atoms with E-state index in [0.717, 1.165) is 23.7 Å². The van der Waals surface area contributed by atoms with Gasteiger partial charge in [0.25, 0.3) is 5.91 Å².